The van der Waals surface area contributed by atoms with Crippen LogP contribution < -0.4 is 5.32 Å². The largest absolute Gasteiger partial charge is 0.333 e. The van der Waals surface area contributed by atoms with Crippen LogP contribution in [0.25, 0.3) is 0 Å². The summed E-state index contributed by atoms with van der Waals surface area (Å²) in [5.74, 6) is 0.164. The van der Waals surface area contributed by atoms with Crippen molar-refractivity contribution in [1.29, 1.82) is 0 Å². The highest BCUT2D eigenvalue weighted by molar-refractivity contribution is 7.08. The lowest BCUT2D eigenvalue weighted by Crippen LogP contribution is -2.57. The van der Waals surface area contributed by atoms with Crippen LogP contribution in [0.5, 0.6) is 0 Å². The second-order valence-electron chi connectivity index (χ2n) is 3.99. The molecule has 1 aromatic heterocycles. The van der Waals surface area contributed by atoms with Gasteiger partial charge in [-0.3, -0.25) is 4.79 Å². The third-order valence-electron chi connectivity index (χ3n) is 3.06. The Hall–Kier alpha value is -0.580. The quantitative estimate of drug-likeness (QED) is 0.838. The summed E-state index contributed by atoms with van der Waals surface area (Å²) in [6.07, 6.45) is 0. The lowest BCUT2D eigenvalue weighted by atomic mass is 10.1. The SMILES string of the molecule is CC1NCCN(C(=O)c2ccsc2)C1C.Cl. The van der Waals surface area contributed by atoms with Gasteiger partial charge in [0.1, 0.15) is 0 Å². The van der Waals surface area contributed by atoms with Gasteiger partial charge in [-0.25, -0.2) is 0 Å². The number of hydrogen-bond acceptors (Lipinski definition) is 3. The lowest BCUT2D eigenvalue weighted by molar-refractivity contribution is 0.0603. The number of rotatable bonds is 1. The molecular formula is C11H17ClN2OS. The highest BCUT2D eigenvalue weighted by Crippen LogP contribution is 2.15. The van der Waals surface area contributed by atoms with Crippen LogP contribution in [-0.2, 0) is 0 Å². The topological polar surface area (TPSA) is 32.3 Å². The highest BCUT2D eigenvalue weighted by Gasteiger charge is 2.28. The van der Waals surface area contributed by atoms with E-state index in [-0.39, 0.29) is 24.4 Å². The molecule has 1 aliphatic heterocycles. The normalized spacial score (nSPS) is 25.0. The molecule has 1 aromatic rings. The van der Waals surface area contributed by atoms with Crippen LogP contribution >= 0.6 is 23.7 Å². The number of carbonyl (C=O) groups is 1. The Kier molecular flexibility index (Phi) is 4.77. The van der Waals surface area contributed by atoms with E-state index in [0.717, 1.165) is 18.7 Å². The zero-order chi connectivity index (χ0) is 10.8. The van der Waals surface area contributed by atoms with Crippen molar-refractivity contribution in [3.8, 4) is 0 Å². The maximum absolute atomic E-state index is 12.1. The van der Waals surface area contributed by atoms with E-state index in [1.807, 2.05) is 21.7 Å². The Bertz CT molecular complexity index is 342. The Balaban J connectivity index is 0.00000128. The standard InChI is InChI=1S/C11H16N2OS.ClH/c1-8-9(2)13(5-4-12-8)11(14)10-3-6-15-7-10;/h3,6-9,12H,4-5H2,1-2H3;1H. The molecule has 16 heavy (non-hydrogen) atoms. The van der Waals surface area contributed by atoms with Crippen molar-refractivity contribution >= 4 is 29.7 Å². The van der Waals surface area contributed by atoms with Crippen LogP contribution in [0, 0.1) is 0 Å². The molecule has 0 aromatic carbocycles. The van der Waals surface area contributed by atoms with Crippen LogP contribution in [0.3, 0.4) is 0 Å². The van der Waals surface area contributed by atoms with Gasteiger partial charge in [0.2, 0.25) is 0 Å². The predicted octanol–water partition coefficient (Wildman–Crippen LogP) is 1.99. The van der Waals surface area contributed by atoms with Crippen LogP contribution in [-0.4, -0.2) is 36.0 Å². The van der Waals surface area contributed by atoms with E-state index in [9.17, 15) is 4.79 Å². The van der Waals surface area contributed by atoms with Gasteiger partial charge in [-0.2, -0.15) is 11.3 Å². The summed E-state index contributed by atoms with van der Waals surface area (Å²) in [4.78, 5) is 14.1. The summed E-state index contributed by atoms with van der Waals surface area (Å²) in [5, 5.41) is 7.24. The smallest absolute Gasteiger partial charge is 0.255 e. The van der Waals surface area contributed by atoms with Crippen LogP contribution in [0.15, 0.2) is 16.8 Å². The Labute approximate surface area is 106 Å². The molecule has 0 bridgehead atoms. The van der Waals surface area contributed by atoms with E-state index in [4.69, 9.17) is 0 Å². The summed E-state index contributed by atoms with van der Waals surface area (Å²) in [7, 11) is 0. The minimum absolute atomic E-state index is 0. The van der Waals surface area contributed by atoms with Gasteiger partial charge in [0.25, 0.3) is 5.91 Å². The maximum atomic E-state index is 12.1. The van der Waals surface area contributed by atoms with Gasteiger partial charge in [-0.1, -0.05) is 0 Å². The average molecular weight is 261 g/mol. The second kappa shape index (κ2) is 5.66. The molecule has 1 fully saturated rings. The molecule has 0 radical (unpaired) electrons. The van der Waals surface area contributed by atoms with E-state index in [0.29, 0.717) is 6.04 Å². The number of nitrogens with zero attached hydrogens (tertiary/aromatic N) is 1. The third-order valence-corrected chi connectivity index (χ3v) is 3.75. The molecule has 1 N–H and O–H groups in total. The predicted molar refractivity (Wildman–Crippen MR) is 69.5 cm³/mol. The number of halogens is 1. The van der Waals surface area contributed by atoms with Crippen LogP contribution in [0.4, 0.5) is 0 Å². The first-order valence-corrected chi connectivity index (χ1v) is 6.21. The van der Waals surface area contributed by atoms with Crippen LogP contribution in [0.1, 0.15) is 24.2 Å². The molecule has 1 saturated heterocycles. The number of amides is 1. The number of piperazine rings is 1. The fraction of sp³-hybridized carbons (Fsp3) is 0.545. The van der Waals surface area contributed by atoms with E-state index in [2.05, 4.69) is 19.2 Å². The maximum Gasteiger partial charge on any atom is 0.255 e. The third kappa shape index (κ3) is 2.56. The summed E-state index contributed by atoms with van der Waals surface area (Å²) >= 11 is 1.57. The summed E-state index contributed by atoms with van der Waals surface area (Å²) in [6.45, 7) is 5.92. The molecule has 5 heteroatoms. The monoisotopic (exact) mass is 260 g/mol. The number of thiophene rings is 1. The molecule has 0 spiro atoms. The average Bonchev–Trinajstić information content (AvgIpc) is 2.74. The Morgan fingerprint density at radius 2 is 2.31 bits per heavy atom. The zero-order valence-electron chi connectivity index (χ0n) is 9.47. The van der Waals surface area contributed by atoms with Crippen molar-refractivity contribution in [1.82, 2.24) is 10.2 Å². The van der Waals surface area contributed by atoms with Gasteiger partial charge in [0.05, 0.1) is 5.56 Å². The first kappa shape index (κ1) is 13.5. The van der Waals surface area contributed by atoms with Crippen molar-refractivity contribution in [3.63, 3.8) is 0 Å². The minimum Gasteiger partial charge on any atom is -0.333 e. The number of hydrogen-bond donors (Lipinski definition) is 1. The van der Waals surface area contributed by atoms with Gasteiger partial charge in [-0.05, 0) is 25.3 Å². The number of nitrogens with one attached hydrogen (secondary N) is 1. The molecule has 90 valence electrons. The van der Waals surface area contributed by atoms with Gasteiger partial charge in [0.15, 0.2) is 0 Å². The Morgan fingerprint density at radius 1 is 1.56 bits per heavy atom. The van der Waals surface area contributed by atoms with Gasteiger partial charge in [0, 0.05) is 30.6 Å². The number of carbonyl (C=O) groups excluding carboxylic acids is 1. The molecule has 2 rings (SSSR count). The molecule has 0 saturated carbocycles. The van der Waals surface area contributed by atoms with Gasteiger partial charge >= 0.3 is 0 Å². The fourth-order valence-electron chi connectivity index (χ4n) is 1.90. The van der Waals surface area contributed by atoms with Gasteiger partial charge < -0.3 is 10.2 Å². The minimum atomic E-state index is 0. The van der Waals surface area contributed by atoms with Crippen molar-refractivity contribution in [2.24, 2.45) is 0 Å². The summed E-state index contributed by atoms with van der Waals surface area (Å²) in [6, 6.07) is 2.54. The lowest BCUT2D eigenvalue weighted by Gasteiger charge is -2.38. The molecule has 2 atom stereocenters. The first-order chi connectivity index (χ1) is 7.20. The van der Waals surface area contributed by atoms with E-state index in [1.165, 1.54) is 0 Å². The fourth-order valence-corrected chi connectivity index (χ4v) is 2.52. The molecule has 2 heterocycles. The molecule has 1 aliphatic rings. The van der Waals surface area contributed by atoms with E-state index in [1.54, 1.807) is 11.3 Å². The first-order valence-electron chi connectivity index (χ1n) is 5.26. The van der Waals surface area contributed by atoms with Crippen LogP contribution in [0.2, 0.25) is 0 Å². The Morgan fingerprint density at radius 3 is 2.94 bits per heavy atom. The van der Waals surface area contributed by atoms with Crippen molar-refractivity contribution < 1.29 is 4.79 Å². The van der Waals surface area contributed by atoms with Crippen molar-refractivity contribution in [2.45, 2.75) is 25.9 Å². The molecule has 1 amide bonds. The molecule has 0 aliphatic carbocycles. The molecule has 2 unspecified atom stereocenters. The zero-order valence-corrected chi connectivity index (χ0v) is 11.1. The van der Waals surface area contributed by atoms with E-state index < -0.39 is 0 Å². The van der Waals surface area contributed by atoms with Gasteiger partial charge in [-0.15, -0.1) is 12.4 Å². The molecule has 3 nitrogen and oxygen atoms in total. The highest BCUT2D eigenvalue weighted by atomic mass is 35.5. The van der Waals surface area contributed by atoms with Crippen molar-refractivity contribution in [3.05, 3.63) is 22.4 Å². The second-order valence-corrected chi connectivity index (χ2v) is 4.77. The summed E-state index contributed by atoms with van der Waals surface area (Å²) in [5.41, 5.74) is 0.820. The van der Waals surface area contributed by atoms with E-state index >= 15 is 0 Å². The molecular weight excluding hydrogens is 244 g/mol. The van der Waals surface area contributed by atoms with Crippen molar-refractivity contribution in [2.75, 3.05) is 13.1 Å². The summed E-state index contributed by atoms with van der Waals surface area (Å²) < 4.78 is 0.